The lowest BCUT2D eigenvalue weighted by atomic mass is 9.85. The molecule has 1 aliphatic rings. The number of phenols is 1. The number of primary amides is 1. The van der Waals surface area contributed by atoms with Crippen molar-refractivity contribution in [1.82, 2.24) is 4.98 Å². The first kappa shape index (κ1) is 13.9. The highest BCUT2D eigenvalue weighted by atomic mass is 16.3. The Hall–Kier alpha value is -2.10. The maximum atomic E-state index is 11.2. The van der Waals surface area contributed by atoms with Crippen LogP contribution in [0.15, 0.2) is 24.4 Å². The zero-order chi connectivity index (χ0) is 14.8. The number of aromatic hydroxyl groups is 1. The first-order chi connectivity index (χ1) is 10.1. The van der Waals surface area contributed by atoms with Gasteiger partial charge in [0.1, 0.15) is 5.52 Å². The van der Waals surface area contributed by atoms with E-state index in [9.17, 15) is 9.90 Å². The highest BCUT2D eigenvalue weighted by molar-refractivity contribution is 6.01. The second-order valence-corrected chi connectivity index (χ2v) is 5.95. The molecule has 21 heavy (non-hydrogen) atoms. The Balaban J connectivity index is 1.90. The molecule has 3 rings (SSSR count). The van der Waals surface area contributed by atoms with Crippen LogP contribution in [0.1, 0.15) is 48.0 Å². The molecule has 1 saturated carbocycles. The van der Waals surface area contributed by atoms with Gasteiger partial charge in [-0.25, -0.2) is 0 Å². The van der Waals surface area contributed by atoms with Gasteiger partial charge in [0.05, 0.1) is 5.56 Å². The van der Waals surface area contributed by atoms with Crippen molar-refractivity contribution in [2.45, 2.75) is 38.5 Å². The fraction of sp³-hybridized carbons (Fsp3) is 0.412. The van der Waals surface area contributed by atoms with Gasteiger partial charge in [0.2, 0.25) is 0 Å². The molecule has 1 fully saturated rings. The molecule has 0 aliphatic heterocycles. The molecule has 110 valence electrons. The minimum Gasteiger partial charge on any atom is -0.505 e. The van der Waals surface area contributed by atoms with E-state index < -0.39 is 5.91 Å². The summed E-state index contributed by atoms with van der Waals surface area (Å²) in [7, 11) is 0. The summed E-state index contributed by atoms with van der Waals surface area (Å²) in [6.07, 6.45) is 9.45. The van der Waals surface area contributed by atoms with E-state index in [1.165, 1.54) is 37.7 Å². The SMILES string of the molecule is NC(=O)c1ccc2cc(CC3CCCCC3)cnc2c1O. The van der Waals surface area contributed by atoms with Crippen LogP contribution < -0.4 is 5.73 Å². The summed E-state index contributed by atoms with van der Waals surface area (Å²) in [4.78, 5) is 15.6. The quantitative estimate of drug-likeness (QED) is 0.909. The van der Waals surface area contributed by atoms with Crippen molar-refractivity contribution in [3.8, 4) is 5.75 Å². The Morgan fingerprint density at radius 2 is 2.05 bits per heavy atom. The molecular weight excluding hydrogens is 264 g/mol. The molecule has 1 aromatic carbocycles. The molecule has 0 bridgehead atoms. The number of benzene rings is 1. The summed E-state index contributed by atoms with van der Waals surface area (Å²) in [6, 6.07) is 5.42. The average molecular weight is 284 g/mol. The number of carbonyl (C=O) groups is 1. The van der Waals surface area contributed by atoms with E-state index in [1.807, 2.05) is 0 Å². The number of carbonyl (C=O) groups excluding carboxylic acids is 1. The lowest BCUT2D eigenvalue weighted by Crippen LogP contribution is -2.11. The fourth-order valence-electron chi connectivity index (χ4n) is 3.27. The maximum Gasteiger partial charge on any atom is 0.252 e. The Morgan fingerprint density at radius 1 is 1.29 bits per heavy atom. The zero-order valence-electron chi connectivity index (χ0n) is 12.0. The van der Waals surface area contributed by atoms with E-state index in [4.69, 9.17) is 5.73 Å². The third-order valence-corrected chi connectivity index (χ3v) is 4.40. The van der Waals surface area contributed by atoms with Crippen LogP contribution in [0.5, 0.6) is 5.75 Å². The molecule has 2 aromatic rings. The Morgan fingerprint density at radius 3 is 2.76 bits per heavy atom. The van der Waals surface area contributed by atoms with Gasteiger partial charge in [-0.05, 0) is 30.0 Å². The van der Waals surface area contributed by atoms with Crippen LogP contribution in [-0.4, -0.2) is 16.0 Å². The molecule has 1 aromatic heterocycles. The fourth-order valence-corrected chi connectivity index (χ4v) is 3.27. The van der Waals surface area contributed by atoms with E-state index >= 15 is 0 Å². The average Bonchev–Trinajstić information content (AvgIpc) is 2.48. The van der Waals surface area contributed by atoms with Crippen LogP contribution >= 0.6 is 0 Å². The molecular formula is C17H20N2O2. The second-order valence-electron chi connectivity index (χ2n) is 5.95. The van der Waals surface area contributed by atoms with Crippen molar-refractivity contribution in [3.05, 3.63) is 35.5 Å². The largest absolute Gasteiger partial charge is 0.505 e. The van der Waals surface area contributed by atoms with Gasteiger partial charge < -0.3 is 10.8 Å². The van der Waals surface area contributed by atoms with Gasteiger partial charge in [-0.3, -0.25) is 9.78 Å². The van der Waals surface area contributed by atoms with Crippen LogP contribution in [-0.2, 0) is 6.42 Å². The summed E-state index contributed by atoms with van der Waals surface area (Å²) in [6.45, 7) is 0. The van der Waals surface area contributed by atoms with Crippen LogP contribution in [0.4, 0.5) is 0 Å². The number of amides is 1. The molecule has 0 radical (unpaired) electrons. The number of fused-ring (bicyclic) bond motifs is 1. The van der Waals surface area contributed by atoms with Gasteiger partial charge in [0.25, 0.3) is 5.91 Å². The molecule has 0 spiro atoms. The molecule has 4 nitrogen and oxygen atoms in total. The predicted molar refractivity (Wildman–Crippen MR) is 82.2 cm³/mol. The number of nitrogens with zero attached hydrogens (tertiary/aromatic N) is 1. The Kier molecular flexibility index (Phi) is 3.78. The first-order valence-electron chi connectivity index (χ1n) is 7.55. The van der Waals surface area contributed by atoms with Crippen molar-refractivity contribution in [1.29, 1.82) is 0 Å². The molecule has 0 saturated heterocycles. The second kappa shape index (κ2) is 5.72. The third-order valence-electron chi connectivity index (χ3n) is 4.40. The highest BCUT2D eigenvalue weighted by Gasteiger charge is 2.16. The van der Waals surface area contributed by atoms with E-state index in [0.717, 1.165) is 17.7 Å². The number of aromatic nitrogens is 1. The molecule has 4 heteroatoms. The van der Waals surface area contributed by atoms with Crippen LogP contribution in [0, 0.1) is 5.92 Å². The van der Waals surface area contributed by atoms with Gasteiger partial charge >= 0.3 is 0 Å². The first-order valence-corrected chi connectivity index (χ1v) is 7.55. The molecule has 0 atom stereocenters. The number of pyridine rings is 1. The van der Waals surface area contributed by atoms with Gasteiger partial charge in [-0.15, -0.1) is 0 Å². The van der Waals surface area contributed by atoms with E-state index in [2.05, 4.69) is 11.1 Å². The molecule has 1 amide bonds. The predicted octanol–water partition coefficient (Wildman–Crippen LogP) is 3.16. The zero-order valence-corrected chi connectivity index (χ0v) is 12.0. The van der Waals surface area contributed by atoms with E-state index in [1.54, 1.807) is 18.3 Å². The number of hydrogen-bond donors (Lipinski definition) is 2. The molecule has 1 aliphatic carbocycles. The van der Waals surface area contributed by atoms with Crippen molar-refractivity contribution >= 4 is 16.8 Å². The lowest BCUT2D eigenvalue weighted by molar-refractivity contribution is 0.0998. The summed E-state index contributed by atoms with van der Waals surface area (Å²) in [5, 5.41) is 10.9. The summed E-state index contributed by atoms with van der Waals surface area (Å²) in [5.74, 6) is -0.0109. The van der Waals surface area contributed by atoms with Gasteiger partial charge in [-0.2, -0.15) is 0 Å². The smallest absolute Gasteiger partial charge is 0.252 e. The number of hydrogen-bond acceptors (Lipinski definition) is 3. The van der Waals surface area contributed by atoms with Crippen LogP contribution in [0.25, 0.3) is 10.9 Å². The van der Waals surface area contributed by atoms with Crippen LogP contribution in [0.3, 0.4) is 0 Å². The Labute approximate surface area is 124 Å². The Bertz CT molecular complexity index is 676. The third kappa shape index (κ3) is 2.84. The summed E-state index contributed by atoms with van der Waals surface area (Å²) in [5.41, 5.74) is 6.99. The minimum atomic E-state index is -0.637. The van der Waals surface area contributed by atoms with E-state index in [0.29, 0.717) is 5.52 Å². The van der Waals surface area contributed by atoms with Crippen molar-refractivity contribution < 1.29 is 9.90 Å². The maximum absolute atomic E-state index is 11.2. The summed E-state index contributed by atoms with van der Waals surface area (Å²) >= 11 is 0. The normalized spacial score (nSPS) is 16.2. The molecule has 3 N–H and O–H groups in total. The van der Waals surface area contributed by atoms with Gasteiger partial charge in [0.15, 0.2) is 5.75 Å². The topological polar surface area (TPSA) is 76.2 Å². The molecule has 0 unspecified atom stereocenters. The monoisotopic (exact) mass is 284 g/mol. The van der Waals surface area contributed by atoms with Crippen molar-refractivity contribution in [3.63, 3.8) is 0 Å². The summed E-state index contributed by atoms with van der Waals surface area (Å²) < 4.78 is 0. The number of nitrogens with two attached hydrogens (primary N) is 1. The minimum absolute atomic E-state index is 0.120. The lowest BCUT2D eigenvalue weighted by Gasteiger charge is -2.21. The van der Waals surface area contributed by atoms with Crippen molar-refractivity contribution in [2.24, 2.45) is 11.7 Å². The van der Waals surface area contributed by atoms with E-state index in [-0.39, 0.29) is 11.3 Å². The molecule has 1 heterocycles. The van der Waals surface area contributed by atoms with Crippen LogP contribution in [0.2, 0.25) is 0 Å². The highest BCUT2D eigenvalue weighted by Crippen LogP contribution is 2.30. The van der Waals surface area contributed by atoms with Gasteiger partial charge in [-0.1, -0.05) is 38.2 Å². The number of rotatable bonds is 3. The van der Waals surface area contributed by atoms with Crippen molar-refractivity contribution in [2.75, 3.05) is 0 Å². The standard InChI is InChI=1S/C17H20N2O2/c18-17(21)14-7-6-13-9-12(10-19-15(13)16(14)20)8-11-4-2-1-3-5-11/h6-7,9-11,20H,1-5,8H2,(H2,18,21). The van der Waals surface area contributed by atoms with Gasteiger partial charge in [0, 0.05) is 11.6 Å².